The summed E-state index contributed by atoms with van der Waals surface area (Å²) in [5, 5.41) is 33.1. The predicted molar refractivity (Wildman–Crippen MR) is 126 cm³/mol. The smallest absolute Gasteiger partial charge is 0.0985 e. The van der Waals surface area contributed by atoms with Crippen LogP contribution >= 0.6 is 0 Å². The van der Waals surface area contributed by atoms with Crippen molar-refractivity contribution in [3.63, 3.8) is 0 Å². The molecule has 4 aliphatic carbocycles. The van der Waals surface area contributed by atoms with Crippen LogP contribution in [0.25, 0.3) is 0 Å². The summed E-state index contributed by atoms with van der Waals surface area (Å²) in [5.74, 6) is 3.27. The Labute approximate surface area is 190 Å². The van der Waals surface area contributed by atoms with Gasteiger partial charge in [-0.15, -0.1) is 0 Å². The summed E-state index contributed by atoms with van der Waals surface area (Å²) >= 11 is 0. The van der Waals surface area contributed by atoms with Crippen molar-refractivity contribution < 1.29 is 15.3 Å². The first kappa shape index (κ1) is 23.5. The highest BCUT2D eigenvalue weighted by Crippen LogP contribution is 2.69. The Bertz CT molecular complexity index is 728. The zero-order valence-electron chi connectivity index (χ0n) is 20.5. The molecule has 4 rings (SSSR count). The Hall–Kier alpha value is -0.640. The first-order valence-electron chi connectivity index (χ1n) is 12.9. The molecule has 10 unspecified atom stereocenters. The van der Waals surface area contributed by atoms with Crippen LogP contribution in [-0.2, 0) is 0 Å². The molecular weight excluding hydrogens is 384 g/mol. The molecule has 3 heteroatoms. The van der Waals surface area contributed by atoms with Crippen LogP contribution in [0.15, 0.2) is 24.3 Å². The molecule has 0 heterocycles. The molecule has 4 saturated carbocycles. The molecule has 3 N–H and O–H groups in total. The minimum absolute atomic E-state index is 0.283. The number of hydrogen-bond donors (Lipinski definition) is 3. The molecule has 0 radical (unpaired) electrons. The Morgan fingerprint density at radius 3 is 2.39 bits per heavy atom. The van der Waals surface area contributed by atoms with E-state index >= 15 is 0 Å². The van der Waals surface area contributed by atoms with Gasteiger partial charge >= 0.3 is 0 Å². The van der Waals surface area contributed by atoms with E-state index in [1.807, 2.05) is 0 Å². The molecule has 0 amide bonds. The van der Waals surface area contributed by atoms with Crippen molar-refractivity contribution in [1.29, 1.82) is 0 Å². The van der Waals surface area contributed by atoms with Crippen molar-refractivity contribution in [2.24, 2.45) is 46.3 Å². The van der Waals surface area contributed by atoms with Crippen LogP contribution in [-0.4, -0.2) is 33.1 Å². The van der Waals surface area contributed by atoms with Crippen LogP contribution in [0.1, 0.15) is 86.0 Å². The maximum atomic E-state index is 11.6. The second-order valence-electron chi connectivity index (χ2n) is 12.5. The van der Waals surface area contributed by atoms with E-state index in [9.17, 15) is 15.3 Å². The zero-order chi connectivity index (χ0) is 22.8. The van der Waals surface area contributed by atoms with E-state index in [4.69, 9.17) is 0 Å². The molecule has 31 heavy (non-hydrogen) atoms. The average molecular weight is 431 g/mol. The lowest BCUT2D eigenvalue weighted by Gasteiger charge is -2.65. The fourth-order valence-electron chi connectivity index (χ4n) is 8.77. The van der Waals surface area contributed by atoms with Crippen LogP contribution in [0.5, 0.6) is 0 Å². The molecule has 0 aromatic heterocycles. The van der Waals surface area contributed by atoms with E-state index in [1.165, 1.54) is 24.8 Å². The number of allylic oxidation sites excluding steroid dienone is 3. The fourth-order valence-corrected chi connectivity index (χ4v) is 8.77. The molecule has 176 valence electrons. The van der Waals surface area contributed by atoms with Gasteiger partial charge in [0.25, 0.3) is 0 Å². The largest absolute Gasteiger partial charge is 0.393 e. The second-order valence-corrected chi connectivity index (χ2v) is 12.5. The summed E-state index contributed by atoms with van der Waals surface area (Å²) in [6.45, 7) is 15.7. The first-order chi connectivity index (χ1) is 14.4. The van der Waals surface area contributed by atoms with Crippen LogP contribution < -0.4 is 0 Å². The Kier molecular flexibility index (Phi) is 6.06. The molecule has 0 bridgehead atoms. The third kappa shape index (κ3) is 3.49. The third-order valence-corrected chi connectivity index (χ3v) is 10.9. The van der Waals surface area contributed by atoms with Crippen molar-refractivity contribution in [3.8, 4) is 0 Å². The summed E-state index contributed by atoms with van der Waals surface area (Å²) < 4.78 is 0. The molecule has 0 saturated heterocycles. The van der Waals surface area contributed by atoms with E-state index in [1.54, 1.807) is 0 Å². The molecule has 10 atom stereocenters. The standard InChI is InChI=1S/C28H46O3/c1-17(2)18(3)7-8-19(4)22-9-10-23-21-15-25(30)28(31)16-20(29)11-14-27(28,6)24(21)12-13-26(22,23)5/h7-8,17,19-25,29-31H,3,9-16H2,1-2,4-6H3. The van der Waals surface area contributed by atoms with Crippen molar-refractivity contribution in [2.75, 3.05) is 0 Å². The summed E-state index contributed by atoms with van der Waals surface area (Å²) in [7, 11) is 0. The van der Waals surface area contributed by atoms with E-state index < -0.39 is 17.8 Å². The topological polar surface area (TPSA) is 60.7 Å². The molecule has 4 fully saturated rings. The van der Waals surface area contributed by atoms with Gasteiger partial charge in [-0.05, 0) is 85.9 Å². The average Bonchev–Trinajstić information content (AvgIpc) is 3.05. The number of hydrogen-bond acceptors (Lipinski definition) is 3. The van der Waals surface area contributed by atoms with Gasteiger partial charge in [-0.1, -0.05) is 58.9 Å². The van der Waals surface area contributed by atoms with Crippen LogP contribution in [0.4, 0.5) is 0 Å². The van der Waals surface area contributed by atoms with Crippen LogP contribution in [0, 0.1) is 46.3 Å². The SMILES string of the molecule is C=C(C=CC(C)C1CCC2C3CC(O)C4(O)CC(O)CCC4(C)C3CCC12C)C(C)C. The summed E-state index contributed by atoms with van der Waals surface area (Å²) in [5.41, 5.74) is 0.0979. The normalized spacial score (nSPS) is 50.7. The lowest BCUT2D eigenvalue weighted by Crippen LogP contribution is -2.68. The van der Waals surface area contributed by atoms with Gasteiger partial charge in [-0.3, -0.25) is 0 Å². The van der Waals surface area contributed by atoms with Gasteiger partial charge in [0.2, 0.25) is 0 Å². The van der Waals surface area contributed by atoms with E-state index in [0.717, 1.165) is 19.3 Å². The van der Waals surface area contributed by atoms with E-state index in [2.05, 4.69) is 53.3 Å². The molecule has 0 aliphatic heterocycles. The zero-order valence-corrected chi connectivity index (χ0v) is 20.5. The van der Waals surface area contributed by atoms with Gasteiger partial charge in [0, 0.05) is 11.8 Å². The first-order valence-corrected chi connectivity index (χ1v) is 12.9. The van der Waals surface area contributed by atoms with Crippen molar-refractivity contribution in [1.82, 2.24) is 0 Å². The molecule has 4 aliphatic rings. The maximum absolute atomic E-state index is 11.6. The van der Waals surface area contributed by atoms with Gasteiger partial charge in [0.15, 0.2) is 0 Å². The second kappa shape index (κ2) is 7.99. The van der Waals surface area contributed by atoms with Gasteiger partial charge in [0.1, 0.15) is 0 Å². The number of aliphatic hydroxyl groups excluding tert-OH is 2. The number of fused-ring (bicyclic) bond motifs is 5. The Balaban J connectivity index is 1.57. The quantitative estimate of drug-likeness (QED) is 0.516. The third-order valence-electron chi connectivity index (χ3n) is 10.9. The maximum Gasteiger partial charge on any atom is 0.0985 e. The summed E-state index contributed by atoms with van der Waals surface area (Å²) in [6, 6.07) is 0. The van der Waals surface area contributed by atoms with Crippen molar-refractivity contribution in [2.45, 2.75) is 104 Å². The van der Waals surface area contributed by atoms with Gasteiger partial charge in [-0.25, -0.2) is 0 Å². The number of aliphatic hydroxyl groups is 3. The lowest BCUT2D eigenvalue weighted by atomic mass is 9.42. The molecule has 0 spiro atoms. The Morgan fingerprint density at radius 1 is 1.00 bits per heavy atom. The highest BCUT2D eigenvalue weighted by atomic mass is 16.3. The van der Waals surface area contributed by atoms with Crippen LogP contribution in [0.2, 0.25) is 0 Å². The van der Waals surface area contributed by atoms with Gasteiger partial charge < -0.3 is 15.3 Å². The van der Waals surface area contributed by atoms with Crippen LogP contribution in [0.3, 0.4) is 0 Å². The monoisotopic (exact) mass is 430 g/mol. The minimum atomic E-state index is -1.13. The molecule has 0 aromatic rings. The van der Waals surface area contributed by atoms with E-state index in [-0.39, 0.29) is 5.41 Å². The summed E-state index contributed by atoms with van der Waals surface area (Å²) in [4.78, 5) is 0. The van der Waals surface area contributed by atoms with E-state index in [0.29, 0.717) is 53.8 Å². The minimum Gasteiger partial charge on any atom is -0.393 e. The van der Waals surface area contributed by atoms with Gasteiger partial charge in [0.05, 0.1) is 17.8 Å². The fraction of sp³-hybridized carbons (Fsp3) is 0.857. The molecule has 0 aromatic carbocycles. The summed E-state index contributed by atoms with van der Waals surface area (Å²) in [6.07, 6.45) is 10.9. The Morgan fingerprint density at radius 2 is 1.71 bits per heavy atom. The highest BCUT2D eigenvalue weighted by molar-refractivity contribution is 5.20. The number of rotatable bonds is 4. The highest BCUT2D eigenvalue weighted by Gasteiger charge is 2.67. The molecular formula is C28H46O3. The van der Waals surface area contributed by atoms with Crippen molar-refractivity contribution >= 4 is 0 Å². The predicted octanol–water partition coefficient (Wildman–Crippen LogP) is 5.50. The van der Waals surface area contributed by atoms with Crippen molar-refractivity contribution in [3.05, 3.63) is 24.3 Å². The molecule has 3 nitrogen and oxygen atoms in total. The van der Waals surface area contributed by atoms with Gasteiger partial charge in [-0.2, -0.15) is 0 Å². The lowest BCUT2D eigenvalue weighted by molar-refractivity contribution is -0.264.